The first-order chi connectivity index (χ1) is 28.0. The number of nitrogens with zero attached hydrogens (tertiary/aromatic N) is 3. The highest BCUT2D eigenvalue weighted by Crippen LogP contribution is 2.57. The average Bonchev–Trinajstić information content (AvgIpc) is 4.10. The fourth-order valence-electron chi connectivity index (χ4n) is 8.00. The number of halogens is 1. The van der Waals surface area contributed by atoms with Crippen molar-refractivity contribution in [1.29, 1.82) is 0 Å². The monoisotopic (exact) mass is 864 g/mol. The molecule has 0 radical (unpaired) electrons. The van der Waals surface area contributed by atoms with Gasteiger partial charge in [-0.1, -0.05) is 38.4 Å². The number of allylic oxidation sites excluding steroid dienone is 1. The zero-order valence-corrected chi connectivity index (χ0v) is 36.3. The van der Waals surface area contributed by atoms with Crippen molar-refractivity contribution in [2.75, 3.05) is 27.9 Å². The number of Topliss-reactive ketones (excluding diaryl/α,β-unsaturated/α-hetero) is 1. The van der Waals surface area contributed by atoms with E-state index in [1.165, 1.54) is 11.3 Å². The molecule has 3 aliphatic rings. The smallest absolute Gasteiger partial charge is 0.240 e. The summed E-state index contributed by atoms with van der Waals surface area (Å²) in [4.78, 5) is 54.4. The van der Waals surface area contributed by atoms with Crippen molar-refractivity contribution in [3.63, 3.8) is 0 Å². The number of nitrogens with one attached hydrogen (secondary N) is 1. The molecule has 59 heavy (non-hydrogen) atoms. The fourth-order valence-corrected chi connectivity index (χ4v) is 10.4. The molecule has 5 atom stereocenters. The number of methoxy groups -OCH3 is 3. The molecule has 13 nitrogen and oxygen atoms in total. The fraction of sp³-hybridized carbons (Fsp3) is 0.465. The van der Waals surface area contributed by atoms with Gasteiger partial charge in [-0.3, -0.25) is 19.1 Å². The van der Waals surface area contributed by atoms with Gasteiger partial charge in [0.25, 0.3) is 0 Å². The molecule has 314 valence electrons. The summed E-state index contributed by atoms with van der Waals surface area (Å²) in [6.07, 6.45) is 3.85. The quantitative estimate of drug-likeness (QED) is 0.115. The van der Waals surface area contributed by atoms with E-state index in [1.807, 2.05) is 44.4 Å². The number of thiazole rings is 1. The molecule has 2 saturated carbocycles. The number of ether oxygens (including phenoxy) is 4. The maximum absolute atomic E-state index is 15.0. The SMILES string of the molecule is C=C[C@@H]1C[C@]1(CC(=O)[C@@H]1C[C@@H](Oc2ncc(OC)c3ccc(Cl)cc23)CN1C(=O)[C@@H](Cc1nc(-c2ccc(OC)cc2OC)cs1)C(C)(C)C)C(=O)NS(=O)(=O)C1CC1. The zero-order valence-electron chi connectivity index (χ0n) is 34.0. The van der Waals surface area contributed by atoms with Crippen molar-refractivity contribution in [1.82, 2.24) is 19.6 Å². The van der Waals surface area contributed by atoms with Gasteiger partial charge in [0.2, 0.25) is 27.7 Å². The van der Waals surface area contributed by atoms with Crippen LogP contribution in [0.1, 0.15) is 57.9 Å². The third-order valence-corrected chi connectivity index (χ3v) is 14.6. The first-order valence-electron chi connectivity index (χ1n) is 19.5. The maximum atomic E-state index is 15.0. The van der Waals surface area contributed by atoms with Crippen LogP contribution < -0.4 is 23.7 Å². The Labute approximate surface area is 353 Å². The van der Waals surface area contributed by atoms with Gasteiger partial charge in [-0.25, -0.2) is 18.4 Å². The Morgan fingerprint density at radius 1 is 1.07 bits per heavy atom. The lowest BCUT2D eigenvalue weighted by Crippen LogP contribution is -2.48. The Hall–Kier alpha value is -4.73. The summed E-state index contributed by atoms with van der Waals surface area (Å²) in [5, 5.41) is 3.83. The molecule has 2 aromatic carbocycles. The Bertz CT molecular complexity index is 2410. The van der Waals surface area contributed by atoms with Gasteiger partial charge in [0.15, 0.2) is 5.78 Å². The standard InChI is InChI=1S/C43H49ClN4O9S2/c1-8-24-19-43(24,41(51)47-59(52,53)28-11-12-28)20-35(49)34-16-27(57-39-31-15-25(44)9-13-29(31)37(56-7)21-45-39)22-48(34)40(50)32(42(2,3)4)18-38-46-33(23-58-38)30-14-10-26(54-5)17-36(30)55-6/h8-10,13-15,17,21,23-24,27-28,32,34H,1,11-12,16,18-20,22H2,2-7H3,(H,47,51)/t24-,27-,32-,34+,43-/m1/s1. The van der Waals surface area contributed by atoms with Crippen LogP contribution >= 0.6 is 22.9 Å². The molecule has 1 saturated heterocycles. The molecule has 3 fully saturated rings. The number of amides is 2. The third-order valence-electron chi connectivity index (χ3n) is 11.7. The lowest BCUT2D eigenvalue weighted by Gasteiger charge is -2.35. The second-order valence-corrected chi connectivity index (χ2v) is 20.0. The molecule has 2 aromatic heterocycles. The van der Waals surface area contributed by atoms with Crippen molar-refractivity contribution in [3.8, 4) is 34.4 Å². The van der Waals surface area contributed by atoms with Crippen LogP contribution in [0.3, 0.4) is 0 Å². The second-order valence-electron chi connectivity index (χ2n) is 16.6. The van der Waals surface area contributed by atoms with E-state index in [1.54, 1.807) is 56.7 Å². The van der Waals surface area contributed by atoms with E-state index in [0.29, 0.717) is 52.6 Å². The molecule has 0 unspecified atom stereocenters. The zero-order chi connectivity index (χ0) is 42.4. The van der Waals surface area contributed by atoms with Crippen LogP contribution in [0.4, 0.5) is 0 Å². The van der Waals surface area contributed by atoms with Crippen molar-refractivity contribution in [3.05, 3.63) is 70.7 Å². The largest absolute Gasteiger partial charge is 0.497 e. The van der Waals surface area contributed by atoms with Crippen LogP contribution in [0.25, 0.3) is 22.0 Å². The van der Waals surface area contributed by atoms with Crippen molar-refractivity contribution in [2.24, 2.45) is 22.7 Å². The van der Waals surface area contributed by atoms with E-state index in [-0.39, 0.29) is 43.4 Å². The third kappa shape index (κ3) is 8.64. The van der Waals surface area contributed by atoms with Crippen LogP contribution in [-0.4, -0.2) is 86.2 Å². The predicted molar refractivity (Wildman–Crippen MR) is 226 cm³/mol. The van der Waals surface area contributed by atoms with Crippen molar-refractivity contribution >= 4 is 61.3 Å². The Balaban J connectivity index is 1.19. The highest BCUT2D eigenvalue weighted by atomic mass is 35.5. The number of pyridine rings is 1. The first kappa shape index (κ1) is 42.4. The number of hydrogen-bond donors (Lipinski definition) is 1. The van der Waals surface area contributed by atoms with Crippen LogP contribution in [0.5, 0.6) is 23.1 Å². The number of carbonyl (C=O) groups excluding carboxylic acids is 3. The van der Waals surface area contributed by atoms with Gasteiger partial charge < -0.3 is 23.8 Å². The number of likely N-dealkylation sites (tertiary alicyclic amines) is 1. The van der Waals surface area contributed by atoms with E-state index in [4.69, 9.17) is 35.5 Å². The molecule has 2 amide bonds. The number of benzene rings is 2. The summed E-state index contributed by atoms with van der Waals surface area (Å²) >= 11 is 7.84. The summed E-state index contributed by atoms with van der Waals surface area (Å²) in [6.45, 7) is 9.85. The number of ketones is 1. The number of fused-ring (bicyclic) bond motifs is 1. The molecule has 3 heterocycles. The van der Waals surface area contributed by atoms with Crippen molar-refractivity contribution in [2.45, 2.75) is 76.7 Å². The summed E-state index contributed by atoms with van der Waals surface area (Å²) in [5.41, 5.74) is -0.385. The first-order valence-corrected chi connectivity index (χ1v) is 22.3. The van der Waals surface area contributed by atoms with Gasteiger partial charge in [0.1, 0.15) is 23.4 Å². The molecule has 2 aliphatic carbocycles. The van der Waals surface area contributed by atoms with Crippen molar-refractivity contribution < 1.29 is 41.7 Å². The lowest BCUT2D eigenvalue weighted by molar-refractivity contribution is -0.144. The summed E-state index contributed by atoms with van der Waals surface area (Å²) in [7, 11) is 0.846. The Morgan fingerprint density at radius 2 is 1.81 bits per heavy atom. The average molecular weight is 865 g/mol. The topological polar surface area (TPSA) is 163 Å². The maximum Gasteiger partial charge on any atom is 0.240 e. The van der Waals surface area contributed by atoms with Gasteiger partial charge in [0, 0.05) is 58.0 Å². The van der Waals surface area contributed by atoms with Crippen LogP contribution in [-0.2, 0) is 30.8 Å². The van der Waals surface area contributed by atoms with E-state index < -0.39 is 56.0 Å². The minimum absolute atomic E-state index is 0.0594. The minimum Gasteiger partial charge on any atom is -0.497 e. The van der Waals surface area contributed by atoms with E-state index >= 15 is 4.79 Å². The van der Waals surface area contributed by atoms with Crippen LogP contribution in [0, 0.1) is 22.7 Å². The highest BCUT2D eigenvalue weighted by Gasteiger charge is 2.61. The Kier molecular flexibility index (Phi) is 11.8. The van der Waals surface area contributed by atoms with Gasteiger partial charge >= 0.3 is 0 Å². The van der Waals surface area contributed by atoms with Gasteiger partial charge in [-0.15, -0.1) is 17.9 Å². The molecule has 16 heteroatoms. The number of hydrogen-bond acceptors (Lipinski definition) is 12. The molecular formula is C43H49ClN4O9S2. The van der Waals surface area contributed by atoms with Gasteiger partial charge in [-0.2, -0.15) is 0 Å². The summed E-state index contributed by atoms with van der Waals surface area (Å²) < 4.78 is 51.0. The normalized spacial score (nSPS) is 22.1. The number of sulfonamides is 1. The summed E-state index contributed by atoms with van der Waals surface area (Å²) in [6, 6.07) is 9.80. The highest BCUT2D eigenvalue weighted by molar-refractivity contribution is 7.90. The predicted octanol–water partition coefficient (Wildman–Crippen LogP) is 7.05. The lowest BCUT2D eigenvalue weighted by atomic mass is 9.77. The molecular weight excluding hydrogens is 816 g/mol. The van der Waals surface area contributed by atoms with E-state index in [9.17, 15) is 18.0 Å². The number of rotatable bonds is 16. The van der Waals surface area contributed by atoms with Crippen LogP contribution in [0.2, 0.25) is 5.02 Å². The minimum atomic E-state index is -3.86. The molecule has 7 rings (SSSR count). The Morgan fingerprint density at radius 3 is 2.46 bits per heavy atom. The van der Waals surface area contributed by atoms with Gasteiger partial charge in [-0.05, 0) is 60.9 Å². The molecule has 1 N–H and O–H groups in total. The second kappa shape index (κ2) is 16.4. The van der Waals surface area contributed by atoms with Gasteiger partial charge in [0.05, 0.1) is 61.5 Å². The van der Waals surface area contributed by atoms with Crippen LogP contribution in [0.15, 0.2) is 60.6 Å². The summed E-state index contributed by atoms with van der Waals surface area (Å²) in [5.74, 6) is -0.315. The van der Waals surface area contributed by atoms with E-state index in [2.05, 4.69) is 16.3 Å². The molecule has 0 spiro atoms. The van der Waals surface area contributed by atoms with E-state index in [0.717, 1.165) is 16.0 Å². The molecule has 0 bridgehead atoms. The number of aromatic nitrogens is 2. The molecule has 1 aliphatic heterocycles. The number of carbonyl (C=O) groups is 3. The molecule has 4 aromatic rings.